The van der Waals surface area contributed by atoms with Crippen LogP contribution in [0.4, 0.5) is 0 Å². The molecule has 0 unspecified atom stereocenters. The van der Waals surface area contributed by atoms with Crippen LogP contribution in [0.25, 0.3) is 0 Å². The quantitative estimate of drug-likeness (QED) is 0.898. The average molecular weight is 342 g/mol. The van der Waals surface area contributed by atoms with Crippen LogP contribution in [0, 0.1) is 0 Å². The normalized spacial score (nSPS) is 21.8. The van der Waals surface area contributed by atoms with Gasteiger partial charge in [0.05, 0.1) is 21.3 Å². The minimum Gasteiger partial charge on any atom is -0.493 e. The molecular formula is C20H26N2O3. The van der Waals surface area contributed by atoms with Crippen LogP contribution in [0.5, 0.6) is 17.2 Å². The van der Waals surface area contributed by atoms with Crippen LogP contribution in [-0.2, 0) is 0 Å². The highest BCUT2D eigenvalue weighted by molar-refractivity contribution is 5.54. The van der Waals surface area contributed by atoms with E-state index in [0.29, 0.717) is 23.2 Å². The van der Waals surface area contributed by atoms with Crippen molar-refractivity contribution in [3.8, 4) is 17.2 Å². The van der Waals surface area contributed by atoms with Gasteiger partial charge in [0.25, 0.3) is 0 Å². The number of aromatic nitrogens is 1. The number of pyridine rings is 1. The highest BCUT2D eigenvalue weighted by atomic mass is 16.5. The fourth-order valence-electron chi connectivity index (χ4n) is 3.81. The fraction of sp³-hybridized carbons (Fsp3) is 0.450. The zero-order valence-corrected chi connectivity index (χ0v) is 15.5. The van der Waals surface area contributed by atoms with Crippen molar-refractivity contribution < 1.29 is 14.2 Å². The van der Waals surface area contributed by atoms with Gasteiger partial charge in [-0.1, -0.05) is 0 Å². The molecule has 5 nitrogen and oxygen atoms in total. The Morgan fingerprint density at radius 1 is 0.960 bits per heavy atom. The second-order valence-electron chi connectivity index (χ2n) is 6.95. The van der Waals surface area contributed by atoms with Gasteiger partial charge >= 0.3 is 0 Å². The Morgan fingerprint density at radius 3 is 2.08 bits per heavy atom. The third-order valence-corrected chi connectivity index (χ3v) is 5.09. The number of methoxy groups -OCH3 is 3. The van der Waals surface area contributed by atoms with Crippen LogP contribution in [0.1, 0.15) is 43.4 Å². The number of nitrogens with zero attached hydrogens (tertiary/aromatic N) is 1. The molecule has 0 amide bonds. The Morgan fingerprint density at radius 2 is 1.56 bits per heavy atom. The molecule has 1 aromatic carbocycles. The zero-order chi connectivity index (χ0) is 18.0. The van der Waals surface area contributed by atoms with Crippen LogP contribution < -0.4 is 19.5 Å². The Kier molecular flexibility index (Phi) is 4.86. The lowest BCUT2D eigenvalue weighted by atomic mass is 9.83. The van der Waals surface area contributed by atoms with Gasteiger partial charge in [-0.25, -0.2) is 0 Å². The number of rotatable bonds is 5. The van der Waals surface area contributed by atoms with Crippen molar-refractivity contribution in [3.05, 3.63) is 47.8 Å². The summed E-state index contributed by atoms with van der Waals surface area (Å²) in [5.41, 5.74) is 2.42. The Hall–Kier alpha value is -2.27. The lowest BCUT2D eigenvalue weighted by molar-refractivity contribution is 0.323. The first-order chi connectivity index (χ1) is 12.0. The van der Waals surface area contributed by atoms with Crippen molar-refractivity contribution in [2.24, 2.45) is 0 Å². The molecule has 0 spiro atoms. The maximum Gasteiger partial charge on any atom is 0.203 e. The topological polar surface area (TPSA) is 52.6 Å². The fourth-order valence-corrected chi connectivity index (χ4v) is 3.81. The van der Waals surface area contributed by atoms with Crippen LogP contribution in [-0.4, -0.2) is 31.9 Å². The van der Waals surface area contributed by atoms with Gasteiger partial charge in [0, 0.05) is 29.9 Å². The lowest BCUT2D eigenvalue weighted by Gasteiger charge is -2.27. The number of nitrogens with one attached hydrogen (secondary N) is 1. The second kappa shape index (κ2) is 6.92. The van der Waals surface area contributed by atoms with E-state index in [0.717, 1.165) is 12.0 Å². The Balaban J connectivity index is 1.95. The number of hydrogen-bond acceptors (Lipinski definition) is 5. The summed E-state index contributed by atoms with van der Waals surface area (Å²) >= 11 is 0. The van der Waals surface area contributed by atoms with Gasteiger partial charge in [-0.05, 0) is 55.7 Å². The molecule has 25 heavy (non-hydrogen) atoms. The third-order valence-electron chi connectivity index (χ3n) is 5.09. The maximum atomic E-state index is 5.50. The van der Waals surface area contributed by atoms with E-state index in [-0.39, 0.29) is 11.6 Å². The molecule has 0 radical (unpaired) electrons. The van der Waals surface area contributed by atoms with Gasteiger partial charge < -0.3 is 19.5 Å². The van der Waals surface area contributed by atoms with Crippen LogP contribution >= 0.6 is 0 Å². The molecule has 1 aliphatic heterocycles. The Labute approximate surface area is 149 Å². The van der Waals surface area contributed by atoms with E-state index >= 15 is 0 Å². The van der Waals surface area contributed by atoms with Crippen molar-refractivity contribution in [2.45, 2.75) is 37.8 Å². The summed E-state index contributed by atoms with van der Waals surface area (Å²) in [5.74, 6) is 2.39. The van der Waals surface area contributed by atoms with E-state index in [1.54, 1.807) is 21.3 Å². The van der Waals surface area contributed by atoms with Crippen molar-refractivity contribution >= 4 is 0 Å². The summed E-state index contributed by atoms with van der Waals surface area (Å²) in [6.45, 7) is 4.49. The first kappa shape index (κ1) is 17.5. The van der Waals surface area contributed by atoms with E-state index in [2.05, 4.69) is 36.3 Å². The molecule has 2 aromatic rings. The smallest absolute Gasteiger partial charge is 0.203 e. The predicted molar refractivity (Wildman–Crippen MR) is 97.6 cm³/mol. The van der Waals surface area contributed by atoms with Gasteiger partial charge in [0.15, 0.2) is 11.5 Å². The summed E-state index contributed by atoms with van der Waals surface area (Å²) in [6.07, 6.45) is 4.71. The summed E-state index contributed by atoms with van der Waals surface area (Å²) in [4.78, 5) is 4.14. The first-order valence-electron chi connectivity index (χ1n) is 8.47. The van der Waals surface area contributed by atoms with Gasteiger partial charge in [0.2, 0.25) is 5.75 Å². The van der Waals surface area contributed by atoms with E-state index in [4.69, 9.17) is 14.2 Å². The van der Waals surface area contributed by atoms with Gasteiger partial charge in [-0.15, -0.1) is 0 Å². The van der Waals surface area contributed by atoms with Crippen LogP contribution in [0.15, 0.2) is 36.7 Å². The third kappa shape index (κ3) is 3.29. The molecule has 0 saturated carbocycles. The molecule has 5 heteroatoms. The van der Waals surface area contributed by atoms with Crippen LogP contribution in [0.2, 0.25) is 0 Å². The standard InChI is InChI=1S/C20H26N2O3/c1-20(2)15(13-6-8-21-9-7-13)12-16(22-20)14-10-17(23-3)19(25-5)18(11-14)24-4/h6-11,15-16,22H,12H2,1-5H3/t15-,16-/m1/s1. The van der Waals surface area contributed by atoms with E-state index in [1.807, 2.05) is 24.5 Å². The molecule has 0 aliphatic carbocycles. The Bertz CT molecular complexity index is 706. The van der Waals surface area contributed by atoms with E-state index < -0.39 is 0 Å². The minimum atomic E-state index is -0.0214. The van der Waals surface area contributed by atoms with Gasteiger partial charge in [-0.2, -0.15) is 0 Å². The van der Waals surface area contributed by atoms with Gasteiger partial charge in [-0.3, -0.25) is 4.98 Å². The SMILES string of the molecule is COc1cc([C@H]2C[C@H](c3ccncc3)C(C)(C)N2)cc(OC)c1OC. The average Bonchev–Trinajstić information content (AvgIpc) is 2.96. The molecular weight excluding hydrogens is 316 g/mol. The molecule has 0 bridgehead atoms. The predicted octanol–water partition coefficient (Wildman–Crippen LogP) is 3.70. The zero-order valence-electron chi connectivity index (χ0n) is 15.5. The first-order valence-corrected chi connectivity index (χ1v) is 8.47. The summed E-state index contributed by atoms with van der Waals surface area (Å²) in [7, 11) is 4.91. The van der Waals surface area contributed by atoms with Crippen molar-refractivity contribution in [1.82, 2.24) is 10.3 Å². The highest BCUT2D eigenvalue weighted by Crippen LogP contribution is 2.47. The molecule has 3 rings (SSSR count). The molecule has 1 N–H and O–H groups in total. The lowest BCUT2D eigenvalue weighted by Crippen LogP contribution is -2.37. The molecule has 1 aromatic heterocycles. The molecule has 2 heterocycles. The van der Waals surface area contributed by atoms with Crippen molar-refractivity contribution in [2.75, 3.05) is 21.3 Å². The molecule has 1 saturated heterocycles. The number of benzene rings is 1. The highest BCUT2D eigenvalue weighted by Gasteiger charge is 2.41. The largest absolute Gasteiger partial charge is 0.493 e. The molecule has 1 fully saturated rings. The van der Waals surface area contributed by atoms with E-state index in [9.17, 15) is 0 Å². The molecule has 1 aliphatic rings. The summed E-state index contributed by atoms with van der Waals surface area (Å²) in [6, 6.07) is 8.48. The van der Waals surface area contributed by atoms with Gasteiger partial charge in [0.1, 0.15) is 0 Å². The second-order valence-corrected chi connectivity index (χ2v) is 6.95. The molecule has 2 atom stereocenters. The summed E-state index contributed by atoms with van der Waals surface area (Å²) < 4.78 is 16.4. The number of ether oxygens (including phenoxy) is 3. The minimum absolute atomic E-state index is 0.0214. The number of hydrogen-bond donors (Lipinski definition) is 1. The monoisotopic (exact) mass is 342 g/mol. The van der Waals surface area contributed by atoms with Crippen molar-refractivity contribution in [3.63, 3.8) is 0 Å². The molecule has 134 valence electrons. The summed E-state index contributed by atoms with van der Waals surface area (Å²) in [5, 5.41) is 3.76. The van der Waals surface area contributed by atoms with Crippen LogP contribution in [0.3, 0.4) is 0 Å². The van der Waals surface area contributed by atoms with E-state index in [1.165, 1.54) is 5.56 Å². The van der Waals surface area contributed by atoms with Crippen molar-refractivity contribution in [1.29, 1.82) is 0 Å². The maximum absolute atomic E-state index is 5.50.